The van der Waals surface area contributed by atoms with Gasteiger partial charge in [0.2, 0.25) is 0 Å². The first-order valence-corrected chi connectivity index (χ1v) is 9.62. The van der Waals surface area contributed by atoms with Gasteiger partial charge in [0.1, 0.15) is 5.69 Å². The molecule has 2 heterocycles. The molecule has 1 aliphatic rings. The van der Waals surface area contributed by atoms with Crippen molar-refractivity contribution in [2.24, 2.45) is 0 Å². The van der Waals surface area contributed by atoms with E-state index in [0.29, 0.717) is 13.2 Å². The first-order chi connectivity index (χ1) is 13.6. The molecule has 1 fully saturated rings. The highest BCUT2D eigenvalue weighted by atomic mass is 32.1. The lowest BCUT2D eigenvalue weighted by molar-refractivity contribution is -0.383. The molecule has 0 aliphatic carbocycles. The van der Waals surface area contributed by atoms with E-state index in [1.807, 2.05) is 17.5 Å². The highest BCUT2D eigenvalue weighted by Crippen LogP contribution is 2.26. The summed E-state index contributed by atoms with van der Waals surface area (Å²) in [7, 11) is 0. The van der Waals surface area contributed by atoms with Crippen LogP contribution in [0, 0.1) is 10.1 Å². The Labute approximate surface area is 165 Å². The fourth-order valence-electron chi connectivity index (χ4n) is 2.97. The zero-order valence-electron chi connectivity index (χ0n) is 15.0. The summed E-state index contributed by atoms with van der Waals surface area (Å²) in [6.45, 7) is 2.97. The van der Waals surface area contributed by atoms with Gasteiger partial charge in [0.25, 0.3) is 5.69 Å². The first-order valence-electron chi connectivity index (χ1n) is 8.74. The summed E-state index contributed by atoms with van der Waals surface area (Å²) in [4.78, 5) is 38.1. The van der Waals surface area contributed by atoms with Crippen molar-refractivity contribution in [2.45, 2.75) is 6.04 Å². The van der Waals surface area contributed by atoms with Gasteiger partial charge in [-0.15, -0.1) is 11.3 Å². The molecule has 0 radical (unpaired) electrons. The molecule has 0 saturated carbocycles. The van der Waals surface area contributed by atoms with E-state index in [1.54, 1.807) is 17.4 Å². The molecular weight excluding hydrogens is 384 g/mol. The van der Waals surface area contributed by atoms with Crippen LogP contribution in [0.1, 0.15) is 10.9 Å². The number of ether oxygens (including phenoxy) is 1. The molecule has 1 aromatic carbocycles. The minimum atomic E-state index is -0.943. The maximum atomic E-state index is 12.3. The topological polar surface area (TPSA) is 114 Å². The summed E-state index contributed by atoms with van der Waals surface area (Å²) in [5, 5.41) is 17.9. The van der Waals surface area contributed by atoms with Gasteiger partial charge in [0.15, 0.2) is 0 Å². The van der Waals surface area contributed by atoms with Crippen molar-refractivity contribution in [2.75, 3.05) is 38.2 Å². The van der Waals surface area contributed by atoms with Crippen molar-refractivity contribution >= 4 is 34.5 Å². The van der Waals surface area contributed by atoms with Crippen LogP contribution in [0.5, 0.6) is 0 Å². The molecule has 1 aliphatic heterocycles. The summed E-state index contributed by atoms with van der Waals surface area (Å²) in [5.74, 6) is -1.78. The SMILES string of the molecule is O=C(NC[C@@H](c1cccs1)N1CCOCC1)C(=O)Nc1ccccc1[N+](=O)[O-]. The maximum Gasteiger partial charge on any atom is 0.313 e. The Hall–Kier alpha value is -2.82. The number of rotatable bonds is 6. The van der Waals surface area contributed by atoms with Crippen molar-refractivity contribution in [3.8, 4) is 0 Å². The van der Waals surface area contributed by atoms with Crippen LogP contribution in [0.15, 0.2) is 41.8 Å². The van der Waals surface area contributed by atoms with E-state index >= 15 is 0 Å². The number of nitrogens with zero attached hydrogens (tertiary/aromatic N) is 2. The van der Waals surface area contributed by atoms with Gasteiger partial charge in [-0.2, -0.15) is 0 Å². The highest BCUT2D eigenvalue weighted by molar-refractivity contribution is 7.10. The minimum Gasteiger partial charge on any atom is -0.379 e. The van der Waals surface area contributed by atoms with Gasteiger partial charge in [-0.05, 0) is 17.5 Å². The van der Waals surface area contributed by atoms with E-state index < -0.39 is 16.7 Å². The van der Waals surface area contributed by atoms with Crippen LogP contribution in [0.25, 0.3) is 0 Å². The third kappa shape index (κ3) is 4.91. The van der Waals surface area contributed by atoms with Crippen LogP contribution in [0.2, 0.25) is 0 Å². The number of thiophene rings is 1. The number of nitro groups is 1. The molecule has 1 atom stereocenters. The number of nitrogens with one attached hydrogen (secondary N) is 2. The average Bonchev–Trinajstić information content (AvgIpc) is 3.23. The Morgan fingerprint density at radius 3 is 2.61 bits per heavy atom. The summed E-state index contributed by atoms with van der Waals surface area (Å²) in [6, 6.07) is 9.55. The van der Waals surface area contributed by atoms with Gasteiger partial charge in [-0.25, -0.2) is 0 Å². The predicted octanol–water partition coefficient (Wildman–Crippen LogP) is 1.78. The van der Waals surface area contributed by atoms with E-state index in [2.05, 4.69) is 15.5 Å². The molecule has 0 spiro atoms. The van der Waals surface area contributed by atoms with Crippen LogP contribution in [0.4, 0.5) is 11.4 Å². The number of carbonyl (C=O) groups excluding carboxylic acids is 2. The monoisotopic (exact) mass is 404 g/mol. The Balaban J connectivity index is 1.63. The van der Waals surface area contributed by atoms with Crippen molar-refractivity contribution in [1.29, 1.82) is 0 Å². The normalized spacial score (nSPS) is 15.6. The van der Waals surface area contributed by atoms with E-state index in [1.165, 1.54) is 18.2 Å². The van der Waals surface area contributed by atoms with Gasteiger partial charge in [0, 0.05) is 30.6 Å². The third-order valence-corrected chi connectivity index (χ3v) is 5.34. The maximum absolute atomic E-state index is 12.3. The zero-order chi connectivity index (χ0) is 19.9. The second kappa shape index (κ2) is 9.40. The molecule has 2 amide bonds. The summed E-state index contributed by atoms with van der Waals surface area (Å²) in [6.07, 6.45) is 0. The van der Waals surface area contributed by atoms with Crippen molar-refractivity contribution in [1.82, 2.24) is 10.2 Å². The molecule has 2 aromatic rings. The number of nitro benzene ring substituents is 1. The van der Waals surface area contributed by atoms with Crippen molar-refractivity contribution < 1.29 is 19.2 Å². The fourth-order valence-corrected chi connectivity index (χ4v) is 3.83. The fraction of sp³-hybridized carbons (Fsp3) is 0.333. The Kier molecular flexibility index (Phi) is 6.69. The van der Waals surface area contributed by atoms with Crippen LogP contribution in [0.3, 0.4) is 0 Å². The van der Waals surface area contributed by atoms with E-state index in [9.17, 15) is 19.7 Å². The number of hydrogen-bond acceptors (Lipinski definition) is 7. The third-order valence-electron chi connectivity index (χ3n) is 4.37. The smallest absolute Gasteiger partial charge is 0.313 e. The lowest BCUT2D eigenvalue weighted by Gasteiger charge is -2.34. The molecule has 3 rings (SSSR count). The van der Waals surface area contributed by atoms with Crippen LogP contribution in [-0.4, -0.2) is 54.5 Å². The molecule has 1 saturated heterocycles. The van der Waals surface area contributed by atoms with Gasteiger partial charge in [-0.1, -0.05) is 18.2 Å². The Morgan fingerprint density at radius 2 is 1.93 bits per heavy atom. The van der Waals surface area contributed by atoms with Gasteiger partial charge in [-0.3, -0.25) is 24.6 Å². The standard InChI is InChI=1S/C18H20N4O5S/c23-17(18(24)20-13-4-1-2-5-14(13)22(25)26)19-12-15(16-6-3-11-28-16)21-7-9-27-10-8-21/h1-6,11,15H,7-10,12H2,(H,19,23)(H,20,24)/t15-/m0/s1. The number of anilines is 1. The molecule has 148 valence electrons. The number of hydrogen-bond donors (Lipinski definition) is 2. The summed E-state index contributed by atoms with van der Waals surface area (Å²) >= 11 is 1.58. The Morgan fingerprint density at radius 1 is 1.18 bits per heavy atom. The number of amides is 2. The van der Waals surface area contributed by atoms with Crippen LogP contribution < -0.4 is 10.6 Å². The molecule has 9 nitrogen and oxygen atoms in total. The number of benzene rings is 1. The summed E-state index contributed by atoms with van der Waals surface area (Å²) < 4.78 is 5.38. The molecule has 2 N–H and O–H groups in total. The van der Waals surface area contributed by atoms with Crippen LogP contribution in [-0.2, 0) is 14.3 Å². The van der Waals surface area contributed by atoms with E-state index in [0.717, 1.165) is 18.0 Å². The Bertz CT molecular complexity index is 836. The minimum absolute atomic E-state index is 0.0179. The van der Waals surface area contributed by atoms with Gasteiger partial charge in [0.05, 0.1) is 24.2 Å². The van der Waals surface area contributed by atoms with Gasteiger partial charge < -0.3 is 15.4 Å². The second-order valence-corrected chi connectivity index (χ2v) is 7.10. The number of para-hydroxylation sites is 2. The predicted molar refractivity (Wildman–Crippen MR) is 104 cm³/mol. The number of carbonyl (C=O) groups is 2. The van der Waals surface area contributed by atoms with Gasteiger partial charge >= 0.3 is 11.8 Å². The quantitative estimate of drug-likeness (QED) is 0.431. The largest absolute Gasteiger partial charge is 0.379 e. The van der Waals surface area contributed by atoms with E-state index in [-0.39, 0.29) is 24.0 Å². The lowest BCUT2D eigenvalue weighted by Crippen LogP contribution is -2.45. The molecule has 28 heavy (non-hydrogen) atoms. The van der Waals surface area contributed by atoms with Crippen molar-refractivity contribution in [3.63, 3.8) is 0 Å². The first kappa shape index (κ1) is 19.9. The molecule has 0 bridgehead atoms. The van der Waals surface area contributed by atoms with Crippen molar-refractivity contribution in [3.05, 3.63) is 56.8 Å². The lowest BCUT2D eigenvalue weighted by atomic mass is 10.2. The molecule has 0 unspecified atom stereocenters. The highest BCUT2D eigenvalue weighted by Gasteiger charge is 2.26. The summed E-state index contributed by atoms with van der Waals surface area (Å²) in [5.41, 5.74) is -0.288. The van der Waals surface area contributed by atoms with Crippen LogP contribution >= 0.6 is 11.3 Å². The van der Waals surface area contributed by atoms with E-state index in [4.69, 9.17) is 4.74 Å². The molecular formula is C18H20N4O5S. The number of morpholine rings is 1. The molecule has 1 aromatic heterocycles. The molecule has 10 heteroatoms. The zero-order valence-corrected chi connectivity index (χ0v) is 15.8. The second-order valence-electron chi connectivity index (χ2n) is 6.12. The average molecular weight is 404 g/mol.